The van der Waals surface area contributed by atoms with E-state index in [0.717, 1.165) is 310 Å². The molecule has 150 heavy (non-hydrogen) atoms. The number of terminal acetylenes is 2. The molecule has 24 nitrogen and oxygen atoms in total. The number of aromatic amines is 2. The minimum absolute atomic E-state index is 0.0399. The molecule has 0 spiro atoms. The van der Waals surface area contributed by atoms with Crippen LogP contribution in [0.4, 0.5) is 54.0 Å². The minimum Gasteiger partial charge on any atom is -0.481 e. The molecule has 4 fully saturated rings. The largest absolute Gasteiger partial charge is 0.481 e. The number of alkyl halides is 7. The van der Waals surface area contributed by atoms with Crippen molar-refractivity contribution in [2.75, 3.05) is 79.1 Å². The van der Waals surface area contributed by atoms with E-state index in [1.54, 1.807) is 93.3 Å². The number of piperidine rings is 4. The van der Waals surface area contributed by atoms with E-state index in [4.69, 9.17) is 47.5 Å². The maximum atomic E-state index is 13.7. The van der Waals surface area contributed by atoms with Crippen LogP contribution in [0.3, 0.4) is 0 Å². The Bertz CT molecular complexity index is 7650. The summed E-state index contributed by atoms with van der Waals surface area (Å²) in [6.45, 7) is 20.0. The Morgan fingerprint density at radius 1 is 0.447 bits per heavy atom. The van der Waals surface area contributed by atoms with Crippen LogP contribution in [0.2, 0.25) is 0 Å². The Morgan fingerprint density at radius 2 is 0.873 bits per heavy atom. The number of methoxy groups -OCH3 is 1. The van der Waals surface area contributed by atoms with Gasteiger partial charge in [-0.2, -0.15) is 22.7 Å². The topological polar surface area (TPSA) is 256 Å². The summed E-state index contributed by atoms with van der Waals surface area (Å²) in [7, 11) is 1.61. The molecule has 23 rings (SSSR count). The van der Waals surface area contributed by atoms with Gasteiger partial charge in [-0.1, -0.05) is 112 Å². The highest BCUT2D eigenvalue weighted by atomic mass is 19.3. The fourth-order valence-corrected chi connectivity index (χ4v) is 22.2. The Balaban J connectivity index is 0.000000121. The molecule has 13 aromatic rings. The van der Waals surface area contributed by atoms with E-state index in [9.17, 15) is 30.7 Å². The number of aromatic nitrogens is 14. The molecule has 10 aliphatic rings. The van der Waals surface area contributed by atoms with Gasteiger partial charge in [-0.05, 0) is 238 Å². The molecule has 31 heteroatoms. The Kier molecular flexibility index (Phi) is 29.2. The molecular weight excluding hydrogens is 1900 g/mol. The predicted octanol–water partition coefficient (Wildman–Crippen LogP) is 25.2. The molecule has 3 aliphatic carbocycles. The van der Waals surface area contributed by atoms with E-state index < -0.39 is 25.9 Å². The third kappa shape index (κ3) is 21.5. The first-order valence-corrected chi connectivity index (χ1v) is 51.2. The number of imidazole rings is 1. The number of nitrogens with zero attached hydrogens (tertiary/aromatic N) is 19. The molecule has 0 saturated carbocycles. The molecule has 0 bridgehead atoms. The molecule has 4 saturated heterocycles. The molecule has 766 valence electrons. The van der Waals surface area contributed by atoms with Gasteiger partial charge >= 0.3 is 13.2 Å². The first kappa shape index (κ1) is 101. The summed E-state index contributed by atoms with van der Waals surface area (Å²) in [6.07, 6.45) is 38.9. The number of pyridine rings is 1. The third-order valence-corrected chi connectivity index (χ3v) is 31.4. The number of halogens is 7. The van der Waals surface area contributed by atoms with Crippen LogP contribution in [0.15, 0.2) is 215 Å². The summed E-state index contributed by atoms with van der Waals surface area (Å²) < 4.78 is 106. The van der Waals surface area contributed by atoms with Gasteiger partial charge in [0.05, 0.1) is 41.5 Å². The maximum absolute atomic E-state index is 13.7. The molecule has 5 aromatic carbocycles. The highest BCUT2D eigenvalue weighted by Gasteiger charge is 2.44. The summed E-state index contributed by atoms with van der Waals surface area (Å²) in [4.78, 5) is 77.3. The summed E-state index contributed by atoms with van der Waals surface area (Å²) in [5, 5.41) is 5.19. The number of ether oxygens (including phenoxy) is 3. The number of aryl methyl sites for hydroxylation is 2. The summed E-state index contributed by atoms with van der Waals surface area (Å²) in [6, 6.07) is 42.5. The van der Waals surface area contributed by atoms with Crippen molar-refractivity contribution in [3.8, 4) is 53.3 Å². The number of aliphatic imine (C=N–C) groups is 3. The molecule has 0 amide bonds. The Hall–Kier alpha value is -15.8. The SMILES string of the molecule is C#Cc1ccc(-c2cc3c(N4CCC(c5nc(CC)c(C)[nH]5)CC4)ncnc3[nH]2)cc1.C#Cc1ccc(C2=Cc3c(ncnc3N3CCC(C)(C4=NC(C)=C(c5cccc(OC(F)F)c5)C4)CC3)C2)cc1.CC1=C(c2ccc(C(F)F)cc2)CC(C2(C)CCN(c3ncnc4c3C=C(c3cnn(C(C)F)c3)C4)CC2)=N1.COc1ccc(C2=Cc3c(ncnc3N3CCC(C)(C4=NC(C)=C(c5cccc(OC(F)F)c5)C4)CC3)C2)cn1. The molecule has 7 aliphatic heterocycles. The first-order chi connectivity index (χ1) is 72.5. The smallest absolute Gasteiger partial charge is 0.387 e. The van der Waals surface area contributed by atoms with Crippen molar-refractivity contribution in [2.45, 2.75) is 190 Å². The Labute approximate surface area is 868 Å². The summed E-state index contributed by atoms with van der Waals surface area (Å²) in [5.74, 6) is 11.8. The molecular formula is C119H118F7N21O3. The normalized spacial score (nSPS) is 17.7. The zero-order valence-corrected chi connectivity index (χ0v) is 85.7. The fraction of sp³-hybridized carbons (Fsp3) is 0.345. The number of hydrogen-bond donors (Lipinski definition) is 2. The van der Waals surface area contributed by atoms with E-state index in [1.807, 2.05) is 87.6 Å². The second-order valence-corrected chi connectivity index (χ2v) is 40.8. The summed E-state index contributed by atoms with van der Waals surface area (Å²) >= 11 is 0. The van der Waals surface area contributed by atoms with Gasteiger partial charge in [0.15, 0.2) is 6.30 Å². The number of anilines is 4. The van der Waals surface area contributed by atoms with Crippen molar-refractivity contribution >= 4 is 103 Å². The van der Waals surface area contributed by atoms with Gasteiger partial charge in [-0.15, -0.1) is 12.8 Å². The number of fused-ring (bicyclic) bond motifs is 4. The Morgan fingerprint density at radius 3 is 1.29 bits per heavy atom. The highest BCUT2D eigenvalue weighted by Crippen LogP contribution is 2.50. The van der Waals surface area contributed by atoms with Crippen molar-refractivity contribution < 1.29 is 44.9 Å². The van der Waals surface area contributed by atoms with Crippen LogP contribution >= 0.6 is 0 Å². The second kappa shape index (κ2) is 43.2. The van der Waals surface area contributed by atoms with E-state index in [-0.39, 0.29) is 33.3 Å². The van der Waals surface area contributed by atoms with Crippen LogP contribution < -0.4 is 33.8 Å². The van der Waals surface area contributed by atoms with Crippen molar-refractivity contribution in [2.24, 2.45) is 31.2 Å². The van der Waals surface area contributed by atoms with Gasteiger partial charge in [0.25, 0.3) is 6.43 Å². The zero-order valence-electron chi connectivity index (χ0n) is 85.7. The lowest BCUT2D eigenvalue weighted by Gasteiger charge is -2.40. The van der Waals surface area contributed by atoms with Gasteiger partial charge in [0.1, 0.15) is 71.6 Å². The van der Waals surface area contributed by atoms with Gasteiger partial charge in [-0.25, -0.2) is 67.7 Å². The lowest BCUT2D eigenvalue weighted by atomic mass is 9.74. The first-order valence-electron chi connectivity index (χ1n) is 51.2. The second-order valence-electron chi connectivity index (χ2n) is 40.8. The van der Waals surface area contributed by atoms with Crippen LogP contribution in [0.1, 0.15) is 246 Å². The number of H-pyrrole nitrogens is 2. The van der Waals surface area contributed by atoms with Crippen LogP contribution in [0.5, 0.6) is 17.4 Å². The molecule has 2 N–H and O–H groups in total. The van der Waals surface area contributed by atoms with E-state index >= 15 is 0 Å². The van der Waals surface area contributed by atoms with E-state index in [1.165, 1.54) is 52.0 Å². The number of nitrogens with one attached hydrogen (secondary N) is 2. The average Bonchev–Trinajstić information content (AvgIpc) is 1.60. The van der Waals surface area contributed by atoms with Gasteiger partial charge in [0, 0.05) is 216 Å². The predicted molar refractivity (Wildman–Crippen MR) is 578 cm³/mol. The molecule has 8 aromatic heterocycles. The minimum atomic E-state index is -2.84. The summed E-state index contributed by atoms with van der Waals surface area (Å²) in [5.41, 5.74) is 32.1. The lowest BCUT2D eigenvalue weighted by Crippen LogP contribution is -2.43. The zero-order chi connectivity index (χ0) is 104. The van der Waals surface area contributed by atoms with Crippen LogP contribution in [-0.2, 0) is 25.7 Å². The molecule has 1 unspecified atom stereocenters. The van der Waals surface area contributed by atoms with Crippen LogP contribution in [0, 0.1) is 47.9 Å². The fourth-order valence-electron chi connectivity index (χ4n) is 22.2. The van der Waals surface area contributed by atoms with Gasteiger partial charge < -0.3 is 43.8 Å². The standard InChI is InChI=1S/C33H30F2N4O.C31H31F2N5O2.C30H31F3N6.C25H26N6/c1-4-22-8-10-23(11-9-22)25-17-28-29(18-25)36-20-37-31(28)39-14-12-33(3,13-15-39)30-19-27(21(2)38-30)24-6-5-7-26(16-24)40-32(34)35;1-19-24(20-5-4-6-23(13-20)40-30(32)33)16-27(37-19)31(2)9-11-38(12-10-31)29-25-14-22(15-26(25)35-18-36-29)21-7-8-28(39-3)34-17-21;1-18-24(20-4-6-21(7-5-20)28(32)33)14-27(37-18)30(3)8-10-38(11-9-30)29-25-12-22(13-26(25)34-17-35-29)23-15-36-39(16-23)19(2)31;1-4-17-6-8-18(9-7-17)22-14-20-24(30-22)26-15-27-25(20)31-12-10-19(11-13-31)23-28-16(3)21(5-2)29-23/h1,5-11,16-17,20,32H,12-15,18-19H2,2-3H3;4-8,13-14,17-18,30H,9-12,15-16H2,1-3H3;4-7,12,15-17,19,28H,8-11,13-14H2,1-3H3;1,6-9,14-15,19H,5,10-13H2,2-3H3,(H,28,29)(H,26,27,30). The third-order valence-electron chi connectivity index (χ3n) is 31.4. The maximum Gasteiger partial charge on any atom is 0.387 e. The number of allylic oxidation sites excluding steroid dienone is 9. The molecule has 0 radical (unpaired) electrons. The number of hydrogen-bond acceptors (Lipinski definition) is 21. The number of benzene rings is 5. The van der Waals surface area contributed by atoms with Gasteiger partial charge in [0.2, 0.25) is 5.88 Å². The van der Waals surface area contributed by atoms with Crippen molar-refractivity contribution in [1.29, 1.82) is 0 Å². The quantitative estimate of drug-likeness (QED) is 0.0446. The highest BCUT2D eigenvalue weighted by molar-refractivity contribution is 6.06. The average molecular weight is 2020 g/mol. The molecule has 15 heterocycles. The number of rotatable bonds is 23. The lowest BCUT2D eigenvalue weighted by molar-refractivity contribution is -0.0505. The van der Waals surface area contributed by atoms with Crippen molar-refractivity contribution in [3.05, 3.63) is 302 Å². The monoisotopic (exact) mass is 2020 g/mol. The molecule has 1 atom stereocenters. The van der Waals surface area contributed by atoms with Crippen molar-refractivity contribution in [1.82, 2.24) is 69.6 Å². The van der Waals surface area contributed by atoms with E-state index in [2.05, 4.69) is 162 Å². The van der Waals surface area contributed by atoms with Crippen LogP contribution in [-0.4, -0.2) is 159 Å². The van der Waals surface area contributed by atoms with Crippen LogP contribution in [0.25, 0.3) is 74.0 Å². The van der Waals surface area contributed by atoms with Crippen molar-refractivity contribution in [3.63, 3.8) is 0 Å². The van der Waals surface area contributed by atoms with E-state index in [0.29, 0.717) is 31.1 Å². The van der Waals surface area contributed by atoms with Gasteiger partial charge in [-0.3, -0.25) is 15.0 Å².